The number of rotatable bonds is 5. The highest BCUT2D eigenvalue weighted by atomic mass is 32.2. The summed E-state index contributed by atoms with van der Waals surface area (Å²) in [6.45, 7) is 7.82. The lowest BCUT2D eigenvalue weighted by molar-refractivity contribution is 0.446. The fraction of sp³-hybridized carbons (Fsp3) is 0.600. The number of hydrogen-bond donors (Lipinski definition) is 1. The van der Waals surface area contributed by atoms with Gasteiger partial charge in [0.2, 0.25) is 0 Å². The predicted molar refractivity (Wildman–Crippen MR) is 81.3 cm³/mol. The summed E-state index contributed by atoms with van der Waals surface area (Å²) in [5.41, 5.74) is 2.26. The highest BCUT2D eigenvalue weighted by Crippen LogP contribution is 2.32. The van der Waals surface area contributed by atoms with Crippen LogP contribution in [0, 0.1) is 0 Å². The molecule has 4 heteroatoms. The Bertz CT molecular complexity index is 516. The zero-order chi connectivity index (χ0) is 14.8. The second kappa shape index (κ2) is 5.63. The SMILES string of the molecule is CNC(c1ccc(C(C)C)cc1)C(C)(C)S(C)(=O)=O. The fourth-order valence-electron chi connectivity index (χ4n) is 2.20. The van der Waals surface area contributed by atoms with E-state index in [-0.39, 0.29) is 6.04 Å². The van der Waals surface area contributed by atoms with Gasteiger partial charge in [0.25, 0.3) is 0 Å². The van der Waals surface area contributed by atoms with E-state index in [9.17, 15) is 8.42 Å². The molecule has 0 saturated heterocycles. The molecule has 1 atom stereocenters. The van der Waals surface area contributed by atoms with Crippen molar-refractivity contribution < 1.29 is 8.42 Å². The molecule has 0 aliphatic carbocycles. The summed E-state index contributed by atoms with van der Waals surface area (Å²) in [5.74, 6) is 0.477. The lowest BCUT2D eigenvalue weighted by Crippen LogP contribution is -2.43. The minimum Gasteiger partial charge on any atom is -0.312 e. The minimum absolute atomic E-state index is 0.219. The van der Waals surface area contributed by atoms with Gasteiger partial charge in [-0.3, -0.25) is 0 Å². The molecule has 1 unspecified atom stereocenters. The van der Waals surface area contributed by atoms with Gasteiger partial charge in [-0.15, -0.1) is 0 Å². The average Bonchev–Trinajstić information content (AvgIpc) is 2.28. The first-order valence-electron chi connectivity index (χ1n) is 6.58. The van der Waals surface area contributed by atoms with Crippen LogP contribution in [-0.2, 0) is 9.84 Å². The Morgan fingerprint density at radius 3 is 1.79 bits per heavy atom. The van der Waals surface area contributed by atoms with Gasteiger partial charge >= 0.3 is 0 Å². The first kappa shape index (κ1) is 16.2. The van der Waals surface area contributed by atoms with Crippen molar-refractivity contribution in [3.8, 4) is 0 Å². The zero-order valence-corrected chi connectivity index (χ0v) is 13.5. The van der Waals surface area contributed by atoms with Crippen LogP contribution in [0.1, 0.15) is 50.8 Å². The maximum Gasteiger partial charge on any atom is 0.154 e. The van der Waals surface area contributed by atoms with E-state index in [1.165, 1.54) is 11.8 Å². The van der Waals surface area contributed by atoms with Gasteiger partial charge in [-0.2, -0.15) is 0 Å². The normalized spacial score (nSPS) is 14.7. The van der Waals surface area contributed by atoms with E-state index in [1.54, 1.807) is 20.9 Å². The highest BCUT2D eigenvalue weighted by Gasteiger charge is 2.39. The van der Waals surface area contributed by atoms with E-state index >= 15 is 0 Å². The molecule has 1 aromatic rings. The van der Waals surface area contributed by atoms with Gasteiger partial charge in [0.1, 0.15) is 0 Å². The summed E-state index contributed by atoms with van der Waals surface area (Å²) in [5, 5.41) is 3.13. The lowest BCUT2D eigenvalue weighted by Gasteiger charge is -2.33. The standard InChI is InChI=1S/C15H25NO2S/c1-11(2)12-7-9-13(10-8-12)14(16-5)15(3,4)19(6,17)18/h7-11,14,16H,1-6H3. The first-order chi connectivity index (χ1) is 8.61. The predicted octanol–water partition coefficient (Wildman–Crippen LogP) is 2.89. The topological polar surface area (TPSA) is 46.2 Å². The van der Waals surface area contributed by atoms with Crippen LogP contribution >= 0.6 is 0 Å². The van der Waals surface area contributed by atoms with Crippen molar-refractivity contribution in [2.75, 3.05) is 13.3 Å². The molecule has 0 aromatic heterocycles. The van der Waals surface area contributed by atoms with Crippen LogP contribution in [0.3, 0.4) is 0 Å². The quantitative estimate of drug-likeness (QED) is 0.904. The molecule has 0 saturated carbocycles. The van der Waals surface area contributed by atoms with E-state index in [4.69, 9.17) is 0 Å². The van der Waals surface area contributed by atoms with Crippen LogP contribution in [0.25, 0.3) is 0 Å². The molecular weight excluding hydrogens is 258 g/mol. The van der Waals surface area contributed by atoms with E-state index in [2.05, 4.69) is 31.3 Å². The summed E-state index contributed by atoms with van der Waals surface area (Å²) >= 11 is 0. The van der Waals surface area contributed by atoms with Gasteiger partial charge in [0.15, 0.2) is 9.84 Å². The molecule has 1 rings (SSSR count). The highest BCUT2D eigenvalue weighted by molar-refractivity contribution is 7.92. The number of hydrogen-bond acceptors (Lipinski definition) is 3. The van der Waals surface area contributed by atoms with Gasteiger partial charge < -0.3 is 5.32 Å². The van der Waals surface area contributed by atoms with E-state index in [0.29, 0.717) is 5.92 Å². The Balaban J connectivity index is 3.18. The van der Waals surface area contributed by atoms with Gasteiger partial charge in [0, 0.05) is 6.26 Å². The van der Waals surface area contributed by atoms with Crippen molar-refractivity contribution in [3.63, 3.8) is 0 Å². The Morgan fingerprint density at radius 2 is 1.47 bits per heavy atom. The number of nitrogens with one attached hydrogen (secondary N) is 1. The molecule has 3 nitrogen and oxygen atoms in total. The van der Waals surface area contributed by atoms with Crippen LogP contribution in [0.5, 0.6) is 0 Å². The molecule has 0 spiro atoms. The Morgan fingerprint density at radius 1 is 1.05 bits per heavy atom. The van der Waals surface area contributed by atoms with Crippen LogP contribution in [0.15, 0.2) is 24.3 Å². The molecular formula is C15H25NO2S. The van der Waals surface area contributed by atoms with Crippen LogP contribution in [0.2, 0.25) is 0 Å². The summed E-state index contributed by atoms with van der Waals surface area (Å²) in [6.07, 6.45) is 1.29. The van der Waals surface area contributed by atoms with Crippen molar-refractivity contribution in [1.29, 1.82) is 0 Å². The van der Waals surface area contributed by atoms with Gasteiger partial charge in [-0.1, -0.05) is 38.1 Å². The molecule has 0 amide bonds. The Labute approximate surface area is 117 Å². The van der Waals surface area contributed by atoms with E-state index < -0.39 is 14.6 Å². The maximum atomic E-state index is 12.0. The van der Waals surface area contributed by atoms with Crippen LogP contribution < -0.4 is 5.32 Å². The molecule has 0 fully saturated rings. The molecule has 0 aliphatic rings. The second-order valence-corrected chi connectivity index (χ2v) is 8.52. The second-order valence-electron chi connectivity index (χ2n) is 5.92. The number of benzene rings is 1. The smallest absolute Gasteiger partial charge is 0.154 e. The third-order valence-electron chi connectivity index (χ3n) is 3.88. The molecule has 0 radical (unpaired) electrons. The summed E-state index contributed by atoms with van der Waals surface area (Å²) in [4.78, 5) is 0. The Kier molecular flexibility index (Phi) is 4.80. The average molecular weight is 283 g/mol. The van der Waals surface area contributed by atoms with Gasteiger partial charge in [0.05, 0.1) is 10.8 Å². The van der Waals surface area contributed by atoms with Crippen LogP contribution in [-0.4, -0.2) is 26.5 Å². The number of sulfone groups is 1. The zero-order valence-electron chi connectivity index (χ0n) is 12.7. The van der Waals surface area contributed by atoms with Crippen molar-refractivity contribution >= 4 is 9.84 Å². The summed E-state index contributed by atoms with van der Waals surface area (Å²) in [7, 11) is -1.35. The molecule has 0 aliphatic heterocycles. The molecule has 0 bridgehead atoms. The third kappa shape index (κ3) is 3.37. The van der Waals surface area contributed by atoms with Gasteiger partial charge in [-0.25, -0.2) is 8.42 Å². The Hall–Kier alpha value is -0.870. The molecule has 108 valence electrons. The van der Waals surface area contributed by atoms with E-state index in [1.807, 2.05) is 12.1 Å². The monoisotopic (exact) mass is 283 g/mol. The van der Waals surface area contributed by atoms with Gasteiger partial charge in [-0.05, 0) is 37.9 Å². The summed E-state index contributed by atoms with van der Waals surface area (Å²) < 4.78 is 23.1. The minimum atomic E-state index is -3.15. The van der Waals surface area contributed by atoms with Crippen molar-refractivity contribution in [2.45, 2.75) is 44.4 Å². The third-order valence-corrected chi connectivity index (χ3v) is 6.02. The fourth-order valence-corrected chi connectivity index (χ4v) is 2.89. The van der Waals surface area contributed by atoms with Crippen molar-refractivity contribution in [2.24, 2.45) is 0 Å². The van der Waals surface area contributed by atoms with E-state index in [0.717, 1.165) is 5.56 Å². The first-order valence-corrected chi connectivity index (χ1v) is 8.47. The lowest BCUT2D eigenvalue weighted by atomic mass is 9.93. The van der Waals surface area contributed by atoms with Crippen LogP contribution in [0.4, 0.5) is 0 Å². The molecule has 19 heavy (non-hydrogen) atoms. The molecule has 1 aromatic carbocycles. The summed E-state index contributed by atoms with van der Waals surface area (Å²) in [6, 6.07) is 7.96. The largest absolute Gasteiger partial charge is 0.312 e. The molecule has 1 N–H and O–H groups in total. The molecule has 0 heterocycles. The van der Waals surface area contributed by atoms with Crippen molar-refractivity contribution in [3.05, 3.63) is 35.4 Å². The maximum absolute atomic E-state index is 12.0. The van der Waals surface area contributed by atoms with Crippen molar-refractivity contribution in [1.82, 2.24) is 5.32 Å².